The van der Waals surface area contributed by atoms with Crippen LogP contribution in [0.25, 0.3) is 11.0 Å². The minimum Gasteiger partial charge on any atom is -0.342 e. The fourth-order valence-corrected chi connectivity index (χ4v) is 2.80. The topological polar surface area (TPSA) is 83.8 Å². The van der Waals surface area contributed by atoms with Gasteiger partial charge in [0.05, 0.1) is 17.1 Å². The number of halogens is 2. The fraction of sp³-hybridized carbons (Fsp3) is 0.300. The number of hydrogen-bond acceptors (Lipinski definition) is 3. The van der Waals surface area contributed by atoms with E-state index in [4.69, 9.17) is 5.73 Å². The first kappa shape index (κ1) is 23.0. The van der Waals surface area contributed by atoms with Crippen molar-refractivity contribution in [2.45, 2.75) is 38.6 Å². The van der Waals surface area contributed by atoms with Gasteiger partial charge < -0.3 is 16.0 Å². The number of aryl methyl sites for hydroxylation is 1. The van der Waals surface area contributed by atoms with E-state index in [0.29, 0.717) is 6.42 Å². The third kappa shape index (κ3) is 6.24. The molecule has 2 aromatic carbocycles. The molecule has 0 saturated carbocycles. The first-order valence-electron chi connectivity index (χ1n) is 8.74. The van der Waals surface area contributed by atoms with E-state index >= 15 is 0 Å². The maximum atomic E-state index is 12.3. The summed E-state index contributed by atoms with van der Waals surface area (Å²) >= 11 is 0. The van der Waals surface area contributed by atoms with E-state index in [0.717, 1.165) is 47.4 Å². The number of imidazole rings is 1. The van der Waals surface area contributed by atoms with Gasteiger partial charge in [-0.1, -0.05) is 43.7 Å². The third-order valence-electron chi connectivity index (χ3n) is 4.20. The highest BCUT2D eigenvalue weighted by Crippen LogP contribution is 2.18. The third-order valence-corrected chi connectivity index (χ3v) is 4.20. The van der Waals surface area contributed by atoms with Crippen LogP contribution >= 0.6 is 24.8 Å². The molecular weight excluding hydrogens is 383 g/mol. The smallest absolute Gasteiger partial charge is 0.241 e. The normalized spacial score (nSPS) is 11.3. The number of nitrogens with two attached hydrogens (primary N) is 1. The number of anilines is 1. The molecule has 0 radical (unpaired) electrons. The Hall–Kier alpha value is -2.08. The van der Waals surface area contributed by atoms with E-state index < -0.39 is 6.04 Å². The number of carbonyl (C=O) groups is 1. The van der Waals surface area contributed by atoms with E-state index in [2.05, 4.69) is 22.2 Å². The fourth-order valence-electron chi connectivity index (χ4n) is 2.80. The van der Waals surface area contributed by atoms with Gasteiger partial charge in [0.2, 0.25) is 5.91 Å². The number of aromatic nitrogens is 2. The summed E-state index contributed by atoms with van der Waals surface area (Å²) in [6.45, 7) is 2.16. The molecule has 0 spiro atoms. The second kappa shape index (κ2) is 10.9. The molecular formula is C20H26Cl2N4O. The maximum Gasteiger partial charge on any atom is 0.241 e. The molecule has 0 bridgehead atoms. The zero-order valence-corrected chi connectivity index (χ0v) is 16.9. The number of unbranched alkanes of at least 4 members (excludes halogenated alkanes) is 1. The number of aromatic amines is 1. The van der Waals surface area contributed by atoms with Gasteiger partial charge in [-0.05, 0) is 36.6 Å². The molecule has 1 aromatic heterocycles. The molecule has 27 heavy (non-hydrogen) atoms. The van der Waals surface area contributed by atoms with Crippen LogP contribution in [-0.2, 0) is 17.6 Å². The van der Waals surface area contributed by atoms with E-state index in [-0.39, 0.29) is 30.7 Å². The lowest BCUT2D eigenvalue weighted by atomic mass is 10.1. The minimum atomic E-state index is -0.583. The molecule has 0 saturated heterocycles. The lowest BCUT2D eigenvalue weighted by molar-refractivity contribution is -0.117. The Bertz CT molecular complexity index is 852. The van der Waals surface area contributed by atoms with Gasteiger partial charge in [-0.2, -0.15) is 0 Å². The Balaban J connectivity index is 0.00000182. The van der Waals surface area contributed by atoms with Crippen LogP contribution < -0.4 is 11.1 Å². The highest BCUT2D eigenvalue weighted by Gasteiger charge is 2.14. The summed E-state index contributed by atoms with van der Waals surface area (Å²) in [6, 6.07) is 14.9. The molecule has 7 heteroatoms. The standard InChI is InChI=1S/C20H24N4O.2ClH/c1-2-3-9-19-23-17-11-10-15(13-18(17)24-19)22-20(25)16(21)12-14-7-5-4-6-8-14;;/h4-8,10-11,13,16H,2-3,9,12,21H2,1H3,(H,22,25)(H,23,24);2*1H. The van der Waals surface area contributed by atoms with Crippen LogP contribution in [0.4, 0.5) is 5.69 Å². The Morgan fingerprint density at radius 2 is 1.93 bits per heavy atom. The molecule has 4 N–H and O–H groups in total. The summed E-state index contributed by atoms with van der Waals surface area (Å²) in [5, 5.41) is 2.89. The number of fused-ring (bicyclic) bond motifs is 1. The van der Waals surface area contributed by atoms with E-state index in [1.807, 2.05) is 48.5 Å². The number of rotatable bonds is 7. The SMILES string of the molecule is CCCCc1nc2ccc(NC(=O)C(N)Cc3ccccc3)cc2[nH]1.Cl.Cl. The summed E-state index contributed by atoms with van der Waals surface area (Å²) in [6.07, 6.45) is 3.70. The molecule has 1 amide bonds. The summed E-state index contributed by atoms with van der Waals surface area (Å²) in [5.41, 5.74) is 9.66. The van der Waals surface area contributed by atoms with Crippen LogP contribution in [-0.4, -0.2) is 21.9 Å². The second-order valence-electron chi connectivity index (χ2n) is 6.30. The quantitative estimate of drug-likeness (QED) is 0.545. The van der Waals surface area contributed by atoms with Crippen molar-refractivity contribution in [3.8, 4) is 0 Å². The minimum absolute atomic E-state index is 0. The van der Waals surface area contributed by atoms with Crippen LogP contribution in [0.1, 0.15) is 31.2 Å². The molecule has 0 aliphatic heterocycles. The number of nitrogens with one attached hydrogen (secondary N) is 2. The Morgan fingerprint density at radius 1 is 1.19 bits per heavy atom. The summed E-state index contributed by atoms with van der Waals surface area (Å²) in [7, 11) is 0. The molecule has 3 aromatic rings. The van der Waals surface area contributed by atoms with Crippen molar-refractivity contribution in [1.82, 2.24) is 9.97 Å². The summed E-state index contributed by atoms with van der Waals surface area (Å²) < 4.78 is 0. The van der Waals surface area contributed by atoms with E-state index in [9.17, 15) is 4.79 Å². The Morgan fingerprint density at radius 3 is 2.63 bits per heavy atom. The van der Waals surface area contributed by atoms with Crippen molar-refractivity contribution in [3.63, 3.8) is 0 Å². The summed E-state index contributed by atoms with van der Waals surface area (Å²) in [5.74, 6) is 0.801. The van der Waals surface area contributed by atoms with Crippen molar-refractivity contribution < 1.29 is 4.79 Å². The first-order valence-corrected chi connectivity index (χ1v) is 8.74. The van der Waals surface area contributed by atoms with E-state index in [1.54, 1.807) is 0 Å². The molecule has 1 atom stereocenters. The van der Waals surface area contributed by atoms with Crippen molar-refractivity contribution >= 4 is 47.4 Å². The Labute approximate surface area is 172 Å². The highest BCUT2D eigenvalue weighted by atomic mass is 35.5. The monoisotopic (exact) mass is 408 g/mol. The average molecular weight is 409 g/mol. The van der Waals surface area contributed by atoms with Crippen LogP contribution in [0, 0.1) is 0 Å². The molecule has 0 aliphatic carbocycles. The predicted octanol–water partition coefficient (Wildman–Crippen LogP) is 4.26. The molecule has 5 nitrogen and oxygen atoms in total. The van der Waals surface area contributed by atoms with Crippen molar-refractivity contribution in [1.29, 1.82) is 0 Å². The van der Waals surface area contributed by atoms with Gasteiger partial charge in [0.15, 0.2) is 0 Å². The lowest BCUT2D eigenvalue weighted by Crippen LogP contribution is -2.37. The van der Waals surface area contributed by atoms with Gasteiger partial charge in [-0.3, -0.25) is 4.79 Å². The highest BCUT2D eigenvalue weighted by molar-refractivity contribution is 5.96. The second-order valence-corrected chi connectivity index (χ2v) is 6.30. The van der Waals surface area contributed by atoms with Crippen LogP contribution in [0.15, 0.2) is 48.5 Å². The predicted molar refractivity (Wildman–Crippen MR) is 116 cm³/mol. The molecule has 0 fully saturated rings. The number of hydrogen-bond donors (Lipinski definition) is 3. The molecule has 1 unspecified atom stereocenters. The largest absolute Gasteiger partial charge is 0.342 e. The van der Waals surface area contributed by atoms with E-state index in [1.165, 1.54) is 0 Å². The van der Waals surface area contributed by atoms with Crippen LogP contribution in [0.5, 0.6) is 0 Å². The zero-order chi connectivity index (χ0) is 17.6. The van der Waals surface area contributed by atoms with Crippen molar-refractivity contribution in [3.05, 3.63) is 59.9 Å². The van der Waals surface area contributed by atoms with Gasteiger partial charge in [0, 0.05) is 12.1 Å². The average Bonchev–Trinajstić information content (AvgIpc) is 3.02. The Kier molecular flexibility index (Phi) is 9.29. The zero-order valence-electron chi connectivity index (χ0n) is 15.3. The van der Waals surface area contributed by atoms with Crippen LogP contribution in [0.3, 0.4) is 0 Å². The van der Waals surface area contributed by atoms with Gasteiger partial charge in [-0.25, -0.2) is 4.98 Å². The molecule has 0 aliphatic rings. The number of H-pyrrole nitrogens is 1. The van der Waals surface area contributed by atoms with Gasteiger partial charge in [0.25, 0.3) is 0 Å². The van der Waals surface area contributed by atoms with Gasteiger partial charge in [0.1, 0.15) is 5.82 Å². The van der Waals surface area contributed by atoms with Crippen LogP contribution in [0.2, 0.25) is 0 Å². The first-order chi connectivity index (χ1) is 12.2. The lowest BCUT2D eigenvalue weighted by Gasteiger charge is -2.12. The maximum absolute atomic E-state index is 12.3. The van der Waals surface area contributed by atoms with Gasteiger partial charge in [-0.15, -0.1) is 24.8 Å². The number of nitrogens with zero attached hydrogens (tertiary/aromatic N) is 1. The molecule has 146 valence electrons. The summed E-state index contributed by atoms with van der Waals surface area (Å²) in [4.78, 5) is 20.2. The number of amides is 1. The van der Waals surface area contributed by atoms with Crippen molar-refractivity contribution in [2.24, 2.45) is 5.73 Å². The van der Waals surface area contributed by atoms with Gasteiger partial charge >= 0.3 is 0 Å². The molecule has 3 rings (SSSR count). The molecule has 1 heterocycles. The number of benzene rings is 2. The van der Waals surface area contributed by atoms with Crippen molar-refractivity contribution in [2.75, 3.05) is 5.32 Å². The number of carbonyl (C=O) groups excluding carboxylic acids is 1.